The maximum atomic E-state index is 11.0. The van der Waals surface area contributed by atoms with Gasteiger partial charge in [-0.2, -0.15) is 0 Å². The first kappa shape index (κ1) is 14.2. The average Bonchev–Trinajstić information content (AvgIpc) is 2.70. The summed E-state index contributed by atoms with van der Waals surface area (Å²) in [5.74, 6) is -1.66. The van der Waals surface area contributed by atoms with Gasteiger partial charge in [0.2, 0.25) is 6.29 Å². The lowest BCUT2D eigenvalue weighted by atomic mass is 10.1. The second-order valence-corrected chi connectivity index (χ2v) is 5.02. The number of hydrogen-bond donors (Lipinski definition) is 0. The molecule has 0 radical (unpaired) electrons. The van der Waals surface area contributed by atoms with Gasteiger partial charge >= 0.3 is 11.9 Å². The van der Waals surface area contributed by atoms with Crippen molar-refractivity contribution >= 4 is 11.9 Å². The van der Waals surface area contributed by atoms with Gasteiger partial charge in [0.1, 0.15) is 18.8 Å². The second-order valence-electron chi connectivity index (χ2n) is 5.02. The maximum Gasteiger partial charge on any atom is 0.305 e. The number of carbonyl (C=O) groups is 2. The van der Waals surface area contributed by atoms with Gasteiger partial charge in [-0.25, -0.2) is 0 Å². The summed E-state index contributed by atoms with van der Waals surface area (Å²) in [6.45, 7) is 6.16. The minimum atomic E-state index is -0.843. The van der Waals surface area contributed by atoms with Gasteiger partial charge < -0.3 is 23.7 Å². The Kier molecular flexibility index (Phi) is 3.80. The van der Waals surface area contributed by atoms with Crippen LogP contribution in [0.3, 0.4) is 0 Å². The molecule has 0 aromatic heterocycles. The van der Waals surface area contributed by atoms with Crippen LogP contribution in [0, 0.1) is 0 Å². The highest BCUT2D eigenvalue weighted by molar-refractivity contribution is 5.66. The largest absolute Gasteiger partial charge is 0.463 e. The highest BCUT2D eigenvalue weighted by Crippen LogP contribution is 2.39. The Hall–Kier alpha value is -1.18. The molecule has 0 aromatic rings. The van der Waals surface area contributed by atoms with Gasteiger partial charge in [0.05, 0.1) is 0 Å². The Morgan fingerprint density at radius 2 is 1.74 bits per heavy atom. The Morgan fingerprint density at radius 3 is 2.32 bits per heavy atom. The van der Waals surface area contributed by atoms with Crippen LogP contribution in [-0.4, -0.2) is 48.9 Å². The van der Waals surface area contributed by atoms with Crippen molar-refractivity contribution in [3.8, 4) is 0 Å². The summed E-state index contributed by atoms with van der Waals surface area (Å²) in [5, 5.41) is 0. The highest BCUT2D eigenvalue weighted by atomic mass is 16.8. The van der Waals surface area contributed by atoms with Crippen LogP contribution in [0.2, 0.25) is 0 Å². The molecule has 2 heterocycles. The van der Waals surface area contributed by atoms with Crippen LogP contribution >= 0.6 is 0 Å². The van der Waals surface area contributed by atoms with Crippen LogP contribution in [0.15, 0.2) is 0 Å². The van der Waals surface area contributed by atoms with Gasteiger partial charge in [0.25, 0.3) is 0 Å². The number of fused-ring (bicyclic) bond motifs is 1. The van der Waals surface area contributed by atoms with E-state index in [4.69, 9.17) is 23.7 Å². The normalized spacial score (nSPS) is 35.8. The first-order valence-corrected chi connectivity index (χ1v) is 6.10. The van der Waals surface area contributed by atoms with E-state index in [0.717, 1.165) is 0 Å². The zero-order valence-corrected chi connectivity index (χ0v) is 11.4. The summed E-state index contributed by atoms with van der Waals surface area (Å²) in [6, 6.07) is 0. The zero-order valence-electron chi connectivity index (χ0n) is 11.4. The molecule has 2 fully saturated rings. The smallest absolute Gasteiger partial charge is 0.305 e. The van der Waals surface area contributed by atoms with Crippen molar-refractivity contribution in [2.24, 2.45) is 0 Å². The molecule has 108 valence electrons. The second kappa shape index (κ2) is 5.07. The predicted molar refractivity (Wildman–Crippen MR) is 60.9 cm³/mol. The summed E-state index contributed by atoms with van der Waals surface area (Å²) >= 11 is 0. The Morgan fingerprint density at radius 1 is 1.11 bits per heavy atom. The van der Waals surface area contributed by atoms with Gasteiger partial charge in [0, 0.05) is 13.8 Å². The number of ether oxygens (including phenoxy) is 5. The fourth-order valence-corrected chi connectivity index (χ4v) is 2.23. The molecule has 0 bridgehead atoms. The van der Waals surface area contributed by atoms with E-state index in [0.29, 0.717) is 0 Å². The quantitative estimate of drug-likeness (QED) is 0.687. The molecule has 0 saturated carbocycles. The van der Waals surface area contributed by atoms with Crippen molar-refractivity contribution < 1.29 is 33.3 Å². The fourth-order valence-electron chi connectivity index (χ4n) is 2.23. The molecule has 2 rings (SSSR count). The maximum absolute atomic E-state index is 11.0. The Balaban J connectivity index is 2.05. The lowest BCUT2D eigenvalue weighted by molar-refractivity contribution is -0.234. The molecule has 2 aliphatic rings. The van der Waals surface area contributed by atoms with Crippen LogP contribution in [0.5, 0.6) is 0 Å². The molecule has 4 atom stereocenters. The van der Waals surface area contributed by atoms with Crippen LogP contribution < -0.4 is 0 Å². The van der Waals surface area contributed by atoms with Crippen LogP contribution in [-0.2, 0) is 33.3 Å². The van der Waals surface area contributed by atoms with E-state index in [1.807, 2.05) is 0 Å². The molecule has 7 heteroatoms. The fraction of sp³-hybridized carbons (Fsp3) is 0.833. The van der Waals surface area contributed by atoms with Crippen LogP contribution in [0.4, 0.5) is 0 Å². The number of esters is 2. The van der Waals surface area contributed by atoms with Crippen LogP contribution in [0.25, 0.3) is 0 Å². The van der Waals surface area contributed by atoms with Crippen molar-refractivity contribution in [3.05, 3.63) is 0 Å². The van der Waals surface area contributed by atoms with E-state index in [2.05, 4.69) is 0 Å². The monoisotopic (exact) mass is 274 g/mol. The standard InChI is InChI=1S/C12H18O7/c1-6(13)15-5-8-9-10(19-12(3,4)18-9)11(17-8)16-7(2)14/h8-11H,5H2,1-4H3/t8-,9?,10?,11-/m1/s1. The van der Waals surface area contributed by atoms with E-state index in [9.17, 15) is 9.59 Å². The first-order valence-electron chi connectivity index (χ1n) is 6.10. The molecule has 19 heavy (non-hydrogen) atoms. The minimum Gasteiger partial charge on any atom is -0.463 e. The lowest BCUT2D eigenvalue weighted by Crippen LogP contribution is -2.33. The summed E-state index contributed by atoms with van der Waals surface area (Å²) in [6.07, 6.45) is -2.30. The van der Waals surface area contributed by atoms with Gasteiger partial charge in [-0.15, -0.1) is 0 Å². The third-order valence-corrected chi connectivity index (χ3v) is 2.84. The highest BCUT2D eigenvalue weighted by Gasteiger charge is 2.56. The van der Waals surface area contributed by atoms with E-state index in [1.54, 1.807) is 13.8 Å². The predicted octanol–water partition coefficient (Wildman–Crippen LogP) is 0.358. The number of hydrogen-bond acceptors (Lipinski definition) is 7. The van der Waals surface area contributed by atoms with Gasteiger partial charge in [-0.3, -0.25) is 9.59 Å². The summed E-state index contributed by atoms with van der Waals surface area (Å²) in [5.41, 5.74) is 0. The molecular weight excluding hydrogens is 256 g/mol. The molecular formula is C12H18O7. The van der Waals surface area contributed by atoms with E-state index in [-0.39, 0.29) is 6.61 Å². The third kappa shape index (κ3) is 3.23. The first-order chi connectivity index (χ1) is 8.78. The van der Waals surface area contributed by atoms with Gasteiger partial charge in [0.15, 0.2) is 11.9 Å². The SMILES string of the molecule is CC(=O)OC[C@H]1O[C@@H](OC(C)=O)C2OC(C)(C)OC21. The molecule has 0 N–H and O–H groups in total. The topological polar surface area (TPSA) is 80.3 Å². The molecule has 2 saturated heterocycles. The van der Waals surface area contributed by atoms with E-state index in [1.165, 1.54) is 13.8 Å². The Labute approximate surface area is 111 Å². The average molecular weight is 274 g/mol. The number of rotatable bonds is 3. The molecule has 0 aromatic carbocycles. The van der Waals surface area contributed by atoms with Crippen molar-refractivity contribution in [2.75, 3.05) is 6.61 Å². The third-order valence-electron chi connectivity index (χ3n) is 2.84. The van der Waals surface area contributed by atoms with Crippen LogP contribution in [0.1, 0.15) is 27.7 Å². The Bertz CT molecular complexity index is 378. The van der Waals surface area contributed by atoms with Crippen molar-refractivity contribution in [1.29, 1.82) is 0 Å². The van der Waals surface area contributed by atoms with Crippen molar-refractivity contribution in [1.82, 2.24) is 0 Å². The van der Waals surface area contributed by atoms with E-state index < -0.39 is 42.3 Å². The summed E-state index contributed by atoms with van der Waals surface area (Å²) in [7, 11) is 0. The van der Waals surface area contributed by atoms with Gasteiger partial charge in [-0.1, -0.05) is 0 Å². The molecule has 7 nitrogen and oxygen atoms in total. The zero-order chi connectivity index (χ0) is 14.2. The minimum absolute atomic E-state index is 0.0354. The summed E-state index contributed by atoms with van der Waals surface area (Å²) < 4.78 is 26.8. The van der Waals surface area contributed by atoms with Gasteiger partial charge in [-0.05, 0) is 13.8 Å². The number of carbonyl (C=O) groups excluding carboxylic acids is 2. The van der Waals surface area contributed by atoms with Crippen molar-refractivity contribution in [2.45, 2.75) is 58.1 Å². The molecule has 2 aliphatic heterocycles. The molecule has 0 amide bonds. The summed E-state index contributed by atoms with van der Waals surface area (Å²) in [4.78, 5) is 21.9. The van der Waals surface area contributed by atoms with E-state index >= 15 is 0 Å². The molecule has 0 spiro atoms. The van der Waals surface area contributed by atoms with Crippen molar-refractivity contribution in [3.63, 3.8) is 0 Å². The lowest BCUT2D eigenvalue weighted by Gasteiger charge is -2.23. The molecule has 2 unspecified atom stereocenters. The molecule has 0 aliphatic carbocycles.